The highest BCUT2D eigenvalue weighted by Crippen LogP contribution is 2.36. The molecule has 0 bridgehead atoms. The minimum atomic E-state index is -0.718. The van der Waals surface area contributed by atoms with Crippen molar-refractivity contribution in [3.63, 3.8) is 0 Å². The number of benzene rings is 3. The molecule has 0 saturated heterocycles. The number of aromatic hydroxyl groups is 1. The number of amides is 3. The Morgan fingerprint density at radius 1 is 0.938 bits per heavy atom. The summed E-state index contributed by atoms with van der Waals surface area (Å²) in [5, 5.41) is 17.6. The summed E-state index contributed by atoms with van der Waals surface area (Å²) < 4.78 is 13.5. The number of rotatable bonds is 3. The van der Waals surface area contributed by atoms with Crippen LogP contribution in [0, 0.1) is 5.82 Å². The normalized spacial score (nSPS) is 13.3. The number of hydrogen-bond acceptors (Lipinski definition) is 5. The summed E-state index contributed by atoms with van der Waals surface area (Å²) in [5.41, 5.74) is 1.49. The number of imide groups is 1. The highest BCUT2D eigenvalue weighted by Gasteiger charge is 2.36. The molecule has 3 amide bonds. The van der Waals surface area contributed by atoms with E-state index in [0.717, 1.165) is 4.90 Å². The van der Waals surface area contributed by atoms with Gasteiger partial charge in [0, 0.05) is 10.9 Å². The predicted octanol–water partition coefficient (Wildman–Crippen LogP) is 4.74. The van der Waals surface area contributed by atoms with Crippen molar-refractivity contribution in [3.05, 3.63) is 89.2 Å². The van der Waals surface area contributed by atoms with Crippen LogP contribution in [0.1, 0.15) is 31.1 Å². The molecule has 0 radical (unpaired) electrons. The van der Waals surface area contributed by atoms with Crippen LogP contribution in [0.25, 0.3) is 10.9 Å². The van der Waals surface area contributed by atoms with Gasteiger partial charge in [-0.15, -0.1) is 10.2 Å². The van der Waals surface area contributed by atoms with Gasteiger partial charge in [-0.05, 0) is 54.6 Å². The fraction of sp³-hybridized carbons (Fsp3) is 0. The first-order chi connectivity index (χ1) is 15.4. The molecule has 8 nitrogen and oxygen atoms in total. The van der Waals surface area contributed by atoms with Gasteiger partial charge >= 0.3 is 0 Å². The van der Waals surface area contributed by atoms with E-state index in [1.54, 1.807) is 24.3 Å². The zero-order chi connectivity index (χ0) is 22.4. The largest absolute Gasteiger partial charge is 0.493 e. The van der Waals surface area contributed by atoms with Gasteiger partial charge in [-0.3, -0.25) is 14.4 Å². The summed E-state index contributed by atoms with van der Waals surface area (Å²) in [6.45, 7) is 0. The van der Waals surface area contributed by atoms with Gasteiger partial charge in [0.05, 0.1) is 22.3 Å². The molecule has 156 valence electrons. The maximum atomic E-state index is 13.5. The lowest BCUT2D eigenvalue weighted by Crippen LogP contribution is -2.29. The Balaban J connectivity index is 1.39. The van der Waals surface area contributed by atoms with E-state index in [1.165, 1.54) is 42.5 Å². The van der Waals surface area contributed by atoms with E-state index in [9.17, 15) is 23.9 Å². The number of carbonyl (C=O) groups excluding carboxylic acids is 3. The van der Waals surface area contributed by atoms with Crippen LogP contribution in [0.5, 0.6) is 5.88 Å². The van der Waals surface area contributed by atoms with Crippen molar-refractivity contribution in [1.82, 2.24) is 4.98 Å². The van der Waals surface area contributed by atoms with Gasteiger partial charge in [0.2, 0.25) is 5.88 Å². The van der Waals surface area contributed by atoms with Gasteiger partial charge in [-0.2, -0.15) is 0 Å². The quantitative estimate of drug-likeness (QED) is 0.362. The maximum Gasteiger partial charge on any atom is 0.295 e. The molecule has 0 saturated carbocycles. The highest BCUT2D eigenvalue weighted by atomic mass is 19.1. The van der Waals surface area contributed by atoms with Crippen molar-refractivity contribution < 1.29 is 23.9 Å². The van der Waals surface area contributed by atoms with Crippen LogP contribution in [0.3, 0.4) is 0 Å². The van der Waals surface area contributed by atoms with Crippen LogP contribution in [-0.4, -0.2) is 27.8 Å². The number of aromatic nitrogens is 1. The summed E-state index contributed by atoms with van der Waals surface area (Å²) in [6.07, 6.45) is 0. The van der Waals surface area contributed by atoms with E-state index in [-0.39, 0.29) is 22.5 Å². The molecule has 1 aliphatic heterocycles. The maximum absolute atomic E-state index is 13.5. The zero-order valence-electron chi connectivity index (χ0n) is 16.2. The van der Waals surface area contributed by atoms with Gasteiger partial charge in [-0.25, -0.2) is 9.29 Å². The Morgan fingerprint density at radius 2 is 1.59 bits per heavy atom. The topological polar surface area (TPSA) is 115 Å². The lowest BCUT2D eigenvalue weighted by atomic mass is 10.1. The minimum absolute atomic E-state index is 0.0597. The van der Waals surface area contributed by atoms with Gasteiger partial charge < -0.3 is 10.1 Å². The summed E-state index contributed by atoms with van der Waals surface area (Å²) >= 11 is 0. The molecule has 0 spiro atoms. The van der Waals surface area contributed by atoms with Crippen molar-refractivity contribution in [3.8, 4) is 5.88 Å². The molecular formula is C23H13FN4O4. The third kappa shape index (κ3) is 3.03. The average Bonchev–Trinajstić information content (AvgIpc) is 3.25. The van der Waals surface area contributed by atoms with E-state index in [4.69, 9.17) is 0 Å². The highest BCUT2D eigenvalue weighted by molar-refractivity contribution is 6.34. The molecule has 1 aliphatic rings. The number of anilines is 1. The standard InChI is InChI=1S/C23H13FN4O4/c24-13-7-10-18-17(11-13)19(21(30)25-18)26-27-20(29)12-5-8-14(9-6-12)28-22(31)15-3-1-2-4-16(15)23(28)32/h1-11,25,30H. The Labute approximate surface area is 179 Å². The van der Waals surface area contributed by atoms with Crippen molar-refractivity contribution in [2.24, 2.45) is 10.2 Å². The Bertz CT molecular complexity index is 1420. The zero-order valence-corrected chi connectivity index (χ0v) is 16.2. The average molecular weight is 428 g/mol. The monoisotopic (exact) mass is 428 g/mol. The smallest absolute Gasteiger partial charge is 0.295 e. The molecule has 9 heteroatoms. The molecule has 2 N–H and O–H groups in total. The summed E-state index contributed by atoms with van der Waals surface area (Å²) in [5.74, 6) is -2.46. The molecule has 0 aliphatic carbocycles. The van der Waals surface area contributed by atoms with Gasteiger partial charge in [0.15, 0.2) is 5.69 Å². The Hall–Kier alpha value is -4.66. The molecule has 2 heterocycles. The molecule has 0 atom stereocenters. The predicted molar refractivity (Wildman–Crippen MR) is 113 cm³/mol. The van der Waals surface area contributed by atoms with Gasteiger partial charge in [0.25, 0.3) is 17.7 Å². The third-order valence-corrected chi connectivity index (χ3v) is 5.12. The molecular weight excluding hydrogens is 415 g/mol. The number of nitrogens with zero attached hydrogens (tertiary/aromatic N) is 3. The van der Waals surface area contributed by atoms with Crippen LogP contribution in [-0.2, 0) is 0 Å². The lowest BCUT2D eigenvalue weighted by Gasteiger charge is -2.13. The number of hydrogen-bond donors (Lipinski definition) is 2. The molecule has 3 aromatic carbocycles. The van der Waals surface area contributed by atoms with E-state index in [2.05, 4.69) is 15.2 Å². The number of azo groups is 1. The molecule has 0 unspecified atom stereocenters. The second-order valence-corrected chi connectivity index (χ2v) is 7.06. The first-order valence-electron chi connectivity index (χ1n) is 9.48. The molecule has 1 aromatic heterocycles. The fourth-order valence-electron chi connectivity index (χ4n) is 3.57. The van der Waals surface area contributed by atoms with Crippen molar-refractivity contribution in [2.75, 3.05) is 4.90 Å². The molecule has 4 aromatic rings. The van der Waals surface area contributed by atoms with Crippen molar-refractivity contribution in [2.45, 2.75) is 0 Å². The summed E-state index contributed by atoms with van der Waals surface area (Å²) in [7, 11) is 0. The van der Waals surface area contributed by atoms with Gasteiger partial charge in [0.1, 0.15) is 5.82 Å². The number of nitrogens with one attached hydrogen (secondary N) is 1. The number of carbonyl (C=O) groups is 3. The van der Waals surface area contributed by atoms with Crippen LogP contribution in [0.15, 0.2) is 77.0 Å². The Morgan fingerprint density at radius 3 is 2.25 bits per heavy atom. The second-order valence-electron chi connectivity index (χ2n) is 7.06. The second kappa shape index (κ2) is 7.24. The number of fused-ring (bicyclic) bond motifs is 2. The lowest BCUT2D eigenvalue weighted by molar-refractivity contribution is 0.0925. The van der Waals surface area contributed by atoms with Crippen LogP contribution >= 0.6 is 0 Å². The number of H-pyrrole nitrogens is 1. The van der Waals surface area contributed by atoms with Crippen LogP contribution < -0.4 is 4.90 Å². The molecule has 32 heavy (non-hydrogen) atoms. The first kappa shape index (κ1) is 19.3. The van der Waals surface area contributed by atoms with Crippen LogP contribution in [0.4, 0.5) is 15.8 Å². The van der Waals surface area contributed by atoms with E-state index >= 15 is 0 Å². The van der Waals surface area contributed by atoms with E-state index in [0.29, 0.717) is 22.3 Å². The summed E-state index contributed by atoms with van der Waals surface area (Å²) in [4.78, 5) is 41.2. The molecule has 0 fully saturated rings. The van der Waals surface area contributed by atoms with Crippen molar-refractivity contribution >= 4 is 40.0 Å². The van der Waals surface area contributed by atoms with Gasteiger partial charge in [-0.1, -0.05) is 12.1 Å². The first-order valence-corrected chi connectivity index (χ1v) is 9.48. The van der Waals surface area contributed by atoms with E-state index in [1.807, 2.05) is 0 Å². The summed E-state index contributed by atoms with van der Waals surface area (Å²) in [6, 6.07) is 16.1. The Kier molecular flexibility index (Phi) is 4.37. The number of aromatic amines is 1. The van der Waals surface area contributed by atoms with Crippen molar-refractivity contribution in [1.29, 1.82) is 0 Å². The minimum Gasteiger partial charge on any atom is -0.493 e. The fourth-order valence-corrected chi connectivity index (χ4v) is 3.57. The SMILES string of the molecule is O=C(N=Nc1c(O)[nH]c2ccc(F)cc12)c1ccc(N2C(=O)c3ccccc3C2=O)cc1. The third-order valence-electron chi connectivity index (χ3n) is 5.12. The number of halogens is 1. The van der Waals surface area contributed by atoms with E-state index < -0.39 is 23.5 Å². The molecule has 5 rings (SSSR count). The van der Waals surface area contributed by atoms with Crippen LogP contribution in [0.2, 0.25) is 0 Å².